The maximum atomic E-state index is 13.4. The van der Waals surface area contributed by atoms with Crippen LogP contribution in [-0.2, 0) is 37.0 Å². The van der Waals surface area contributed by atoms with Crippen LogP contribution in [0.5, 0.6) is 0 Å². The largest absolute Gasteiger partial charge is 0.478 e. The lowest BCUT2D eigenvalue weighted by atomic mass is 9.91. The molecule has 4 aromatic rings. The third kappa shape index (κ3) is 8.06. The summed E-state index contributed by atoms with van der Waals surface area (Å²) in [5.74, 6) is -1.60. The van der Waals surface area contributed by atoms with Gasteiger partial charge < -0.3 is 29.7 Å². The van der Waals surface area contributed by atoms with Crippen LogP contribution in [0.3, 0.4) is 0 Å². The van der Waals surface area contributed by atoms with Crippen molar-refractivity contribution in [2.45, 2.75) is 56.0 Å². The Morgan fingerprint density at radius 1 is 0.900 bits per heavy atom. The Labute approximate surface area is 293 Å². The molecule has 50 heavy (non-hydrogen) atoms. The van der Waals surface area contributed by atoms with Crippen LogP contribution in [0.15, 0.2) is 108 Å². The number of thioether (sulfide) groups is 1. The van der Waals surface area contributed by atoms with Crippen molar-refractivity contribution in [3.8, 4) is 0 Å². The predicted octanol–water partition coefficient (Wildman–Crippen LogP) is 6.02. The third-order valence-corrected chi connectivity index (χ3v) is 9.79. The molecule has 2 aliphatic heterocycles. The fraction of sp³-hybridized carbons (Fsp3) is 0.263. The lowest BCUT2D eigenvalue weighted by Crippen LogP contribution is -2.42. The monoisotopic (exact) mass is 696 g/mol. The van der Waals surface area contributed by atoms with Crippen LogP contribution in [0.25, 0.3) is 0 Å². The van der Waals surface area contributed by atoms with Gasteiger partial charge in [-0.3, -0.25) is 9.59 Å². The van der Waals surface area contributed by atoms with Crippen molar-refractivity contribution in [1.82, 2.24) is 5.32 Å². The molecule has 0 spiro atoms. The van der Waals surface area contributed by atoms with Crippen molar-refractivity contribution in [2.75, 3.05) is 10.7 Å². The van der Waals surface area contributed by atoms with Crippen LogP contribution in [0.1, 0.15) is 58.4 Å². The number of amides is 3. The van der Waals surface area contributed by atoms with Crippen molar-refractivity contribution in [3.63, 3.8) is 0 Å². The number of carboxylic acid groups (broad SMARTS) is 1. The molecule has 6 rings (SSSR count). The fourth-order valence-corrected chi connectivity index (χ4v) is 6.98. The molecule has 2 saturated heterocycles. The van der Waals surface area contributed by atoms with Crippen LogP contribution in [-0.4, -0.2) is 52.0 Å². The van der Waals surface area contributed by atoms with Gasteiger partial charge >= 0.3 is 12.1 Å². The number of rotatable bonds is 11. The second kappa shape index (κ2) is 15.7. The average molecular weight is 697 g/mol. The average Bonchev–Trinajstić information content (AvgIpc) is 3.42. The first-order valence-corrected chi connectivity index (χ1v) is 17.1. The van der Waals surface area contributed by atoms with Crippen LogP contribution in [0.2, 0.25) is 0 Å². The van der Waals surface area contributed by atoms with E-state index in [1.54, 1.807) is 48.5 Å². The number of imide groups is 1. The Balaban J connectivity index is 1.18. The van der Waals surface area contributed by atoms with Gasteiger partial charge in [-0.15, -0.1) is 11.8 Å². The van der Waals surface area contributed by atoms with E-state index in [-0.39, 0.29) is 37.2 Å². The van der Waals surface area contributed by atoms with Gasteiger partial charge in [0.25, 0.3) is 5.91 Å². The number of aliphatic hydroxyl groups excluding tert-OH is 1. The van der Waals surface area contributed by atoms with Gasteiger partial charge in [-0.05, 0) is 53.1 Å². The molecule has 5 atom stereocenters. The Hall–Kier alpha value is -5.01. The molecule has 0 aromatic heterocycles. The summed E-state index contributed by atoms with van der Waals surface area (Å²) in [5.41, 5.74) is 3.57. The Bertz CT molecular complexity index is 1840. The zero-order valence-electron chi connectivity index (χ0n) is 27.1. The normalized spacial score (nSPS) is 22.0. The highest BCUT2D eigenvalue weighted by Gasteiger charge is 2.42. The Morgan fingerprint density at radius 3 is 2.34 bits per heavy atom. The highest BCUT2D eigenvalue weighted by atomic mass is 32.2. The topological polar surface area (TPSA) is 152 Å². The first kappa shape index (κ1) is 34.8. The minimum Gasteiger partial charge on any atom is -0.478 e. The summed E-state index contributed by atoms with van der Waals surface area (Å²) in [7, 11) is 0. The number of hydrogen-bond acceptors (Lipinski definition) is 9. The second-order valence-electron chi connectivity index (χ2n) is 12.1. The molecule has 0 radical (unpaired) electrons. The van der Waals surface area contributed by atoms with E-state index in [0.717, 1.165) is 26.5 Å². The van der Waals surface area contributed by atoms with Crippen LogP contribution in [0, 0.1) is 5.92 Å². The van der Waals surface area contributed by atoms with Crippen molar-refractivity contribution >= 4 is 41.3 Å². The number of carbonyl (C=O) groups is 4. The fourth-order valence-electron chi connectivity index (χ4n) is 5.92. The number of aromatic carboxylic acids is 1. The van der Waals surface area contributed by atoms with Gasteiger partial charge in [0.1, 0.15) is 12.6 Å². The van der Waals surface area contributed by atoms with E-state index in [2.05, 4.69) is 5.32 Å². The van der Waals surface area contributed by atoms with E-state index in [0.29, 0.717) is 17.0 Å². The lowest BCUT2D eigenvalue weighted by molar-refractivity contribution is -0.268. The summed E-state index contributed by atoms with van der Waals surface area (Å²) in [6.07, 6.45) is -2.57. The molecule has 2 fully saturated rings. The summed E-state index contributed by atoms with van der Waals surface area (Å²) in [5, 5.41) is 21.3. The first-order chi connectivity index (χ1) is 24.2. The maximum absolute atomic E-state index is 13.4. The van der Waals surface area contributed by atoms with Crippen LogP contribution < -0.4 is 10.2 Å². The van der Waals surface area contributed by atoms with E-state index in [9.17, 15) is 29.4 Å². The molecule has 258 valence electrons. The number of carboxylic acids is 1. The van der Waals surface area contributed by atoms with E-state index >= 15 is 0 Å². The first-order valence-electron chi connectivity index (χ1n) is 16.1. The van der Waals surface area contributed by atoms with E-state index in [1.165, 1.54) is 11.8 Å². The highest BCUT2D eigenvalue weighted by Crippen LogP contribution is 2.43. The summed E-state index contributed by atoms with van der Waals surface area (Å²) in [6.45, 7) is 1.98. The minimum atomic E-state index is -1.07. The number of nitrogens with one attached hydrogen (secondary N) is 1. The summed E-state index contributed by atoms with van der Waals surface area (Å²) in [4.78, 5) is 52.2. The molecule has 0 saturated carbocycles. The molecule has 0 aliphatic carbocycles. The quantitative estimate of drug-likeness (QED) is 0.125. The van der Waals surface area contributed by atoms with Gasteiger partial charge in [0.2, 0.25) is 5.91 Å². The molecule has 2 aliphatic rings. The maximum Gasteiger partial charge on any atom is 0.408 e. The molecular weight excluding hydrogens is 660 g/mol. The zero-order valence-corrected chi connectivity index (χ0v) is 28.0. The van der Waals surface area contributed by atoms with Crippen molar-refractivity contribution < 1.29 is 43.6 Å². The number of ether oxygens (including phenoxy) is 3. The highest BCUT2D eigenvalue weighted by molar-refractivity contribution is 7.99. The third-order valence-electron chi connectivity index (χ3n) is 8.69. The van der Waals surface area contributed by atoms with Gasteiger partial charge in [0.05, 0.1) is 36.5 Å². The van der Waals surface area contributed by atoms with Crippen LogP contribution >= 0.6 is 11.8 Å². The Kier molecular flexibility index (Phi) is 10.9. The molecule has 2 heterocycles. The van der Waals surface area contributed by atoms with Crippen molar-refractivity contribution in [2.24, 2.45) is 5.92 Å². The van der Waals surface area contributed by atoms with Gasteiger partial charge in [0.15, 0.2) is 6.29 Å². The van der Waals surface area contributed by atoms with Gasteiger partial charge in [-0.1, -0.05) is 73.7 Å². The van der Waals surface area contributed by atoms with Crippen molar-refractivity contribution in [1.29, 1.82) is 0 Å². The van der Waals surface area contributed by atoms with Gasteiger partial charge in [0, 0.05) is 22.1 Å². The number of hydrogen-bond donors (Lipinski definition) is 3. The predicted molar refractivity (Wildman–Crippen MR) is 184 cm³/mol. The van der Waals surface area contributed by atoms with E-state index < -0.39 is 42.3 Å². The molecule has 3 N–H and O–H groups in total. The van der Waals surface area contributed by atoms with E-state index in [1.807, 2.05) is 61.5 Å². The molecule has 3 amide bonds. The number of alkyl carbamates (subject to hydrolysis) is 1. The van der Waals surface area contributed by atoms with Gasteiger partial charge in [-0.2, -0.15) is 0 Å². The SMILES string of the molecule is C[C@@H]1[C@H](CSc2ccc(C(=O)O)cc2)O[C@H](c2cccc(N3C(=O)CC(NC(=O)OCc4ccccc4)C3=O)c2)O[C@@H]1c1ccc(CO)cc1. The summed E-state index contributed by atoms with van der Waals surface area (Å²) in [6, 6.07) is 29.0. The van der Waals surface area contributed by atoms with Crippen LogP contribution in [0.4, 0.5) is 10.5 Å². The molecule has 1 unspecified atom stereocenters. The van der Waals surface area contributed by atoms with Crippen molar-refractivity contribution in [3.05, 3.63) is 131 Å². The minimum absolute atomic E-state index is 0.0242. The molecule has 0 bridgehead atoms. The summed E-state index contributed by atoms with van der Waals surface area (Å²) >= 11 is 1.53. The summed E-state index contributed by atoms with van der Waals surface area (Å²) < 4.78 is 18.3. The number of anilines is 1. The molecule has 12 heteroatoms. The number of aliphatic hydroxyl groups is 1. The lowest BCUT2D eigenvalue weighted by Gasteiger charge is -2.41. The molecule has 11 nitrogen and oxygen atoms in total. The second-order valence-corrected chi connectivity index (χ2v) is 13.2. The number of benzene rings is 4. The smallest absolute Gasteiger partial charge is 0.408 e. The van der Waals surface area contributed by atoms with E-state index in [4.69, 9.17) is 14.2 Å². The number of nitrogens with zero attached hydrogens (tertiary/aromatic N) is 1. The standard InChI is InChI=1S/C38H36N2O9S/c1-23-32(22-50-30-16-14-27(15-17-30)36(44)45)48-37(49-34(23)26-12-10-24(20-41)11-13-26)28-8-5-9-29(18-28)40-33(42)19-31(35(40)43)39-38(46)47-21-25-6-3-2-4-7-25/h2-18,23,31-32,34,37,41H,19-22H2,1H3,(H,39,46)(H,44,45)/t23-,31?,32+,34+,37+/m1/s1. The zero-order chi connectivity index (χ0) is 35.2. The Morgan fingerprint density at radius 2 is 1.64 bits per heavy atom. The number of carbonyl (C=O) groups excluding carboxylic acids is 3. The van der Waals surface area contributed by atoms with Gasteiger partial charge in [-0.25, -0.2) is 14.5 Å². The molecular formula is C38H36N2O9S. The molecule has 4 aromatic carbocycles.